The highest BCUT2D eigenvalue weighted by molar-refractivity contribution is 6.34. The number of benzene rings is 1. The van der Waals surface area contributed by atoms with Crippen molar-refractivity contribution in [2.75, 3.05) is 24.5 Å². The average molecular weight is 375 g/mol. The molecule has 2 rings (SSSR count). The summed E-state index contributed by atoms with van der Waals surface area (Å²) < 4.78 is 0. The molecule has 1 aliphatic rings. The number of nitrogens with two attached hydrogens (primary N) is 1. The van der Waals surface area contributed by atoms with E-state index in [2.05, 4.69) is 10.6 Å². The molecule has 0 aliphatic carbocycles. The summed E-state index contributed by atoms with van der Waals surface area (Å²) in [5.74, 6) is -0.273. The Balaban J connectivity index is 0.00000288. The van der Waals surface area contributed by atoms with Gasteiger partial charge in [0.2, 0.25) is 0 Å². The smallest absolute Gasteiger partial charge is 0.321 e. The molecule has 4 N–H and O–H groups in total. The number of halogens is 2. The molecule has 1 saturated heterocycles. The molecule has 6 nitrogen and oxygen atoms in total. The van der Waals surface area contributed by atoms with Crippen molar-refractivity contribution < 1.29 is 9.59 Å². The van der Waals surface area contributed by atoms with Gasteiger partial charge in [0.15, 0.2) is 0 Å². The van der Waals surface area contributed by atoms with E-state index in [4.69, 9.17) is 17.3 Å². The molecule has 1 aliphatic heterocycles. The number of anilines is 1. The summed E-state index contributed by atoms with van der Waals surface area (Å²) in [6, 6.07) is 4.85. The van der Waals surface area contributed by atoms with Gasteiger partial charge < -0.3 is 16.4 Å². The molecule has 134 valence electrons. The van der Waals surface area contributed by atoms with E-state index in [9.17, 15) is 9.59 Å². The van der Waals surface area contributed by atoms with Crippen LogP contribution in [0.1, 0.15) is 37.0 Å². The number of carbonyl (C=O) groups excluding carboxylic acids is 2. The number of carbonyl (C=O) groups is 2. The topological polar surface area (TPSA) is 87.5 Å². The van der Waals surface area contributed by atoms with Crippen LogP contribution in [0.15, 0.2) is 18.2 Å². The van der Waals surface area contributed by atoms with Crippen LogP contribution in [0.2, 0.25) is 5.02 Å². The van der Waals surface area contributed by atoms with Crippen LogP contribution >= 0.6 is 24.0 Å². The van der Waals surface area contributed by atoms with Crippen molar-refractivity contribution in [3.8, 4) is 0 Å². The molecule has 0 radical (unpaired) electrons. The summed E-state index contributed by atoms with van der Waals surface area (Å²) >= 11 is 6.18. The summed E-state index contributed by atoms with van der Waals surface area (Å²) in [4.78, 5) is 26.0. The lowest BCUT2D eigenvalue weighted by molar-refractivity contribution is 0.0895. The van der Waals surface area contributed by atoms with Crippen LogP contribution in [0.3, 0.4) is 0 Å². The van der Waals surface area contributed by atoms with Gasteiger partial charge in [-0.1, -0.05) is 25.4 Å². The Morgan fingerprint density at radius 1 is 1.42 bits per heavy atom. The maximum Gasteiger partial charge on any atom is 0.321 e. The van der Waals surface area contributed by atoms with Gasteiger partial charge in [-0.05, 0) is 31.0 Å². The second-order valence-corrected chi connectivity index (χ2v) is 6.10. The van der Waals surface area contributed by atoms with Gasteiger partial charge in [-0.15, -0.1) is 12.4 Å². The molecule has 0 atom stereocenters. The first-order chi connectivity index (χ1) is 11.0. The predicted molar refractivity (Wildman–Crippen MR) is 99.3 cm³/mol. The van der Waals surface area contributed by atoms with Gasteiger partial charge in [-0.25, -0.2) is 4.79 Å². The Morgan fingerprint density at radius 2 is 2.08 bits per heavy atom. The van der Waals surface area contributed by atoms with Crippen molar-refractivity contribution in [1.82, 2.24) is 10.6 Å². The zero-order chi connectivity index (χ0) is 17.0. The van der Waals surface area contributed by atoms with Gasteiger partial charge in [-0.2, -0.15) is 0 Å². The lowest BCUT2D eigenvalue weighted by atomic mass is 9.92. The maximum absolute atomic E-state index is 12.6. The molecule has 1 fully saturated rings. The first-order valence-electron chi connectivity index (χ1n) is 7.84. The maximum atomic E-state index is 12.6. The average Bonchev–Trinajstić information content (AvgIpc) is 2.99. The van der Waals surface area contributed by atoms with Crippen molar-refractivity contribution in [3.05, 3.63) is 28.8 Å². The molecule has 3 amide bonds. The second kappa shape index (κ2) is 8.55. The third-order valence-corrected chi connectivity index (χ3v) is 4.82. The molecule has 0 aromatic heterocycles. The van der Waals surface area contributed by atoms with Gasteiger partial charge in [0, 0.05) is 25.3 Å². The Labute approximate surface area is 153 Å². The summed E-state index contributed by atoms with van der Waals surface area (Å²) in [5.41, 5.74) is 6.39. The largest absolute Gasteiger partial charge is 0.345 e. The van der Waals surface area contributed by atoms with Gasteiger partial charge in [0.25, 0.3) is 5.91 Å². The monoisotopic (exact) mass is 374 g/mol. The van der Waals surface area contributed by atoms with Crippen LogP contribution in [0.5, 0.6) is 0 Å². The Hall–Kier alpha value is -1.50. The van der Waals surface area contributed by atoms with Crippen LogP contribution in [0, 0.1) is 0 Å². The normalized spacial score (nSPS) is 14.2. The fraction of sp³-hybridized carbons (Fsp3) is 0.500. The fourth-order valence-corrected chi connectivity index (χ4v) is 2.85. The minimum Gasteiger partial charge on any atom is -0.345 e. The summed E-state index contributed by atoms with van der Waals surface area (Å²) in [7, 11) is 0. The van der Waals surface area contributed by atoms with Crippen LogP contribution in [0.4, 0.5) is 10.5 Å². The van der Waals surface area contributed by atoms with Crippen LogP contribution in [0.25, 0.3) is 0 Å². The van der Waals surface area contributed by atoms with E-state index in [0.717, 1.165) is 12.8 Å². The van der Waals surface area contributed by atoms with Crippen molar-refractivity contribution in [1.29, 1.82) is 0 Å². The van der Waals surface area contributed by atoms with E-state index in [1.807, 2.05) is 13.8 Å². The Kier molecular flexibility index (Phi) is 7.32. The van der Waals surface area contributed by atoms with Gasteiger partial charge >= 0.3 is 6.03 Å². The number of nitrogens with one attached hydrogen (secondary N) is 2. The number of urea groups is 1. The van der Waals surface area contributed by atoms with Crippen LogP contribution < -0.4 is 21.3 Å². The minimum atomic E-state index is -0.443. The lowest BCUT2D eigenvalue weighted by Gasteiger charge is -2.31. The number of nitrogens with zero attached hydrogens (tertiary/aromatic N) is 1. The van der Waals surface area contributed by atoms with Gasteiger partial charge in [0.05, 0.1) is 16.1 Å². The quantitative estimate of drug-likeness (QED) is 0.714. The Morgan fingerprint density at radius 3 is 2.58 bits per heavy atom. The molecular formula is C16H24Cl2N4O2. The van der Waals surface area contributed by atoms with E-state index < -0.39 is 5.54 Å². The molecule has 0 unspecified atom stereocenters. The van der Waals surface area contributed by atoms with Crippen LogP contribution in [-0.4, -0.2) is 37.1 Å². The lowest BCUT2D eigenvalue weighted by Crippen LogP contribution is -2.52. The molecule has 0 bridgehead atoms. The molecule has 1 aromatic carbocycles. The first-order valence-corrected chi connectivity index (χ1v) is 8.21. The second-order valence-electron chi connectivity index (χ2n) is 5.69. The molecule has 0 saturated carbocycles. The predicted octanol–water partition coefficient (Wildman–Crippen LogP) is 2.54. The van der Waals surface area contributed by atoms with E-state index in [1.165, 1.54) is 0 Å². The van der Waals surface area contributed by atoms with E-state index in [1.54, 1.807) is 23.1 Å². The third-order valence-electron chi connectivity index (χ3n) is 4.49. The molecule has 8 heteroatoms. The van der Waals surface area contributed by atoms with Gasteiger partial charge in [0.1, 0.15) is 0 Å². The van der Waals surface area contributed by atoms with Crippen molar-refractivity contribution in [2.24, 2.45) is 5.73 Å². The minimum absolute atomic E-state index is 0. The third kappa shape index (κ3) is 4.12. The number of rotatable bonds is 6. The molecule has 1 aromatic rings. The standard InChI is InChI=1S/C16H23ClN4O2.ClH/c1-3-16(4-2,10-18)20-14(22)12-9-11(5-6-13(12)17)21-8-7-19-15(21)23;/h5-6,9H,3-4,7-8,10,18H2,1-2H3,(H,19,23)(H,20,22);1H. The van der Waals surface area contributed by atoms with Crippen LogP contribution in [-0.2, 0) is 0 Å². The number of amides is 3. The SMILES string of the molecule is CCC(CC)(CN)NC(=O)c1cc(N2CCNC2=O)ccc1Cl.Cl. The fourth-order valence-electron chi connectivity index (χ4n) is 2.65. The molecular weight excluding hydrogens is 351 g/mol. The van der Waals surface area contributed by atoms with Crippen molar-refractivity contribution in [2.45, 2.75) is 32.2 Å². The highest BCUT2D eigenvalue weighted by atomic mass is 35.5. The summed E-state index contributed by atoms with van der Waals surface area (Å²) in [5, 5.41) is 6.08. The highest BCUT2D eigenvalue weighted by Gasteiger charge is 2.28. The van der Waals surface area contributed by atoms with E-state index in [-0.39, 0.29) is 24.3 Å². The summed E-state index contributed by atoms with van der Waals surface area (Å²) in [6.45, 7) is 5.49. The zero-order valence-electron chi connectivity index (χ0n) is 13.9. The van der Waals surface area contributed by atoms with Crippen molar-refractivity contribution >= 4 is 41.6 Å². The van der Waals surface area contributed by atoms with E-state index in [0.29, 0.717) is 35.9 Å². The zero-order valence-corrected chi connectivity index (χ0v) is 15.5. The molecule has 0 spiro atoms. The van der Waals surface area contributed by atoms with E-state index >= 15 is 0 Å². The summed E-state index contributed by atoms with van der Waals surface area (Å²) in [6.07, 6.45) is 1.47. The highest BCUT2D eigenvalue weighted by Crippen LogP contribution is 2.25. The first kappa shape index (κ1) is 20.5. The van der Waals surface area contributed by atoms with Crippen molar-refractivity contribution in [3.63, 3.8) is 0 Å². The van der Waals surface area contributed by atoms with Gasteiger partial charge in [-0.3, -0.25) is 9.69 Å². The molecule has 1 heterocycles. The number of hydrogen-bond acceptors (Lipinski definition) is 3. The number of hydrogen-bond donors (Lipinski definition) is 3. The Bertz CT molecular complexity index is 597. The molecule has 24 heavy (non-hydrogen) atoms.